The Labute approximate surface area is 96.6 Å². The third-order valence-corrected chi connectivity index (χ3v) is 2.57. The highest BCUT2D eigenvalue weighted by Gasteiger charge is 2.16. The number of ether oxygens (including phenoxy) is 1. The van der Waals surface area contributed by atoms with Gasteiger partial charge in [-0.1, -0.05) is 28.1 Å². The second-order valence-corrected chi connectivity index (χ2v) is 4.16. The molecular weight excluding hydrogens is 263 g/mol. The number of carbonyl (C=O) groups is 1. The van der Waals surface area contributed by atoms with Crippen LogP contribution in [0.1, 0.15) is 12.5 Å². The van der Waals surface area contributed by atoms with E-state index in [9.17, 15) is 9.18 Å². The van der Waals surface area contributed by atoms with Crippen LogP contribution in [0.25, 0.3) is 0 Å². The molecule has 0 aromatic heterocycles. The van der Waals surface area contributed by atoms with Crippen molar-refractivity contribution in [2.75, 3.05) is 6.61 Å². The Bertz CT molecular complexity index is 324. The lowest BCUT2D eigenvalue weighted by Gasteiger charge is -2.08. The fraction of sp³-hybridized carbons (Fsp3) is 0.364. The predicted octanol–water partition coefficient (Wildman–Crippen LogP) is 2.69. The number of rotatable bonds is 4. The van der Waals surface area contributed by atoms with Crippen molar-refractivity contribution in [3.63, 3.8) is 0 Å². The maximum absolute atomic E-state index is 12.6. The van der Waals surface area contributed by atoms with Crippen molar-refractivity contribution in [3.8, 4) is 0 Å². The zero-order chi connectivity index (χ0) is 11.3. The van der Waals surface area contributed by atoms with Crippen LogP contribution in [0.4, 0.5) is 4.39 Å². The fourth-order valence-electron chi connectivity index (χ4n) is 1.14. The average Bonchev–Trinajstić information content (AvgIpc) is 2.22. The van der Waals surface area contributed by atoms with Crippen molar-refractivity contribution in [1.82, 2.24) is 0 Å². The first kappa shape index (κ1) is 12.2. The van der Waals surface area contributed by atoms with Crippen molar-refractivity contribution in [1.29, 1.82) is 0 Å². The Balaban J connectivity index is 2.54. The van der Waals surface area contributed by atoms with Gasteiger partial charge in [0.05, 0.1) is 6.61 Å². The van der Waals surface area contributed by atoms with E-state index < -0.39 is 0 Å². The molecule has 0 radical (unpaired) electrons. The van der Waals surface area contributed by atoms with Crippen molar-refractivity contribution < 1.29 is 13.9 Å². The molecule has 1 rings (SSSR count). The maximum atomic E-state index is 12.6. The summed E-state index contributed by atoms with van der Waals surface area (Å²) in [6.45, 7) is 2.12. The standard InChI is InChI=1S/C11H12BrFO2/c1-2-15-11(14)10(12)7-8-3-5-9(13)6-4-8/h3-6,10H,2,7H2,1H3/t10-/m0/s1. The first-order valence-electron chi connectivity index (χ1n) is 4.68. The van der Waals surface area contributed by atoms with Crippen LogP contribution in [0.3, 0.4) is 0 Å². The van der Waals surface area contributed by atoms with Crippen LogP contribution in [0, 0.1) is 5.82 Å². The monoisotopic (exact) mass is 274 g/mol. The highest BCUT2D eigenvalue weighted by atomic mass is 79.9. The smallest absolute Gasteiger partial charge is 0.320 e. The van der Waals surface area contributed by atoms with Crippen LogP contribution >= 0.6 is 15.9 Å². The molecule has 0 N–H and O–H groups in total. The number of halogens is 2. The van der Waals surface area contributed by atoms with E-state index in [2.05, 4.69) is 15.9 Å². The van der Waals surface area contributed by atoms with Gasteiger partial charge < -0.3 is 4.74 Å². The maximum Gasteiger partial charge on any atom is 0.320 e. The van der Waals surface area contributed by atoms with Crippen molar-refractivity contribution in [3.05, 3.63) is 35.6 Å². The van der Waals surface area contributed by atoms with Gasteiger partial charge in [-0.2, -0.15) is 0 Å². The summed E-state index contributed by atoms with van der Waals surface area (Å²) in [6, 6.07) is 6.06. The molecule has 82 valence electrons. The molecule has 0 unspecified atom stereocenters. The van der Waals surface area contributed by atoms with Gasteiger partial charge in [-0.05, 0) is 31.0 Å². The molecule has 0 fully saturated rings. The Hall–Kier alpha value is -0.900. The highest BCUT2D eigenvalue weighted by molar-refractivity contribution is 9.10. The molecule has 2 nitrogen and oxygen atoms in total. The molecule has 4 heteroatoms. The van der Waals surface area contributed by atoms with Gasteiger partial charge in [0.2, 0.25) is 0 Å². The molecule has 0 aliphatic heterocycles. The minimum absolute atomic E-state index is 0.277. The minimum atomic E-state index is -0.372. The van der Waals surface area contributed by atoms with Gasteiger partial charge in [0, 0.05) is 0 Å². The topological polar surface area (TPSA) is 26.3 Å². The van der Waals surface area contributed by atoms with Gasteiger partial charge >= 0.3 is 5.97 Å². The third-order valence-electron chi connectivity index (χ3n) is 1.87. The van der Waals surface area contributed by atoms with Crippen molar-refractivity contribution in [2.24, 2.45) is 0 Å². The summed E-state index contributed by atoms with van der Waals surface area (Å²) in [7, 11) is 0. The zero-order valence-electron chi connectivity index (χ0n) is 8.37. The largest absolute Gasteiger partial charge is 0.465 e. The minimum Gasteiger partial charge on any atom is -0.465 e. The van der Waals surface area contributed by atoms with Crippen LogP contribution in [0.2, 0.25) is 0 Å². The van der Waals surface area contributed by atoms with E-state index in [-0.39, 0.29) is 16.6 Å². The summed E-state index contributed by atoms with van der Waals surface area (Å²) in [5.41, 5.74) is 0.895. The van der Waals surface area contributed by atoms with Gasteiger partial charge in [-0.25, -0.2) is 4.39 Å². The lowest BCUT2D eigenvalue weighted by atomic mass is 10.1. The molecule has 0 aliphatic carbocycles. The fourth-order valence-corrected chi connectivity index (χ4v) is 1.65. The Morgan fingerprint density at radius 1 is 1.47 bits per heavy atom. The average molecular weight is 275 g/mol. The first-order chi connectivity index (χ1) is 7.13. The quantitative estimate of drug-likeness (QED) is 0.623. The first-order valence-corrected chi connectivity index (χ1v) is 5.60. The SMILES string of the molecule is CCOC(=O)[C@@H](Br)Cc1ccc(F)cc1. The van der Waals surface area contributed by atoms with Crippen molar-refractivity contribution in [2.45, 2.75) is 18.2 Å². The summed E-state index contributed by atoms with van der Waals surface area (Å²) in [5, 5.41) is 0. The van der Waals surface area contributed by atoms with Crippen LogP contribution in [-0.2, 0) is 16.0 Å². The number of carbonyl (C=O) groups excluding carboxylic acids is 1. The molecule has 0 bridgehead atoms. The highest BCUT2D eigenvalue weighted by Crippen LogP contribution is 2.12. The van der Waals surface area contributed by atoms with E-state index in [1.54, 1.807) is 19.1 Å². The summed E-state index contributed by atoms with van der Waals surface area (Å²) in [6.07, 6.45) is 0.499. The molecule has 1 atom stereocenters. The van der Waals surface area contributed by atoms with Gasteiger partial charge in [-0.3, -0.25) is 4.79 Å². The molecule has 0 saturated heterocycles. The number of benzene rings is 1. The van der Waals surface area contributed by atoms with Gasteiger partial charge in [-0.15, -0.1) is 0 Å². The molecule has 1 aromatic rings. The van der Waals surface area contributed by atoms with E-state index in [0.717, 1.165) is 5.56 Å². The molecule has 0 saturated carbocycles. The molecular formula is C11H12BrFO2. The van der Waals surface area contributed by atoms with E-state index in [1.165, 1.54) is 12.1 Å². The van der Waals surface area contributed by atoms with E-state index in [0.29, 0.717) is 13.0 Å². The number of hydrogen-bond acceptors (Lipinski definition) is 2. The Kier molecular flexibility index (Phi) is 4.75. The summed E-state index contributed by atoms with van der Waals surface area (Å²) in [5.74, 6) is -0.567. The second-order valence-electron chi connectivity index (χ2n) is 3.05. The molecule has 0 amide bonds. The zero-order valence-corrected chi connectivity index (χ0v) is 9.96. The summed E-state index contributed by atoms with van der Waals surface area (Å²) < 4.78 is 17.4. The van der Waals surface area contributed by atoms with Gasteiger partial charge in [0.1, 0.15) is 10.6 Å². The van der Waals surface area contributed by atoms with E-state index >= 15 is 0 Å². The van der Waals surface area contributed by atoms with E-state index in [4.69, 9.17) is 4.74 Å². The Morgan fingerprint density at radius 3 is 2.60 bits per heavy atom. The molecule has 0 aliphatic rings. The molecule has 15 heavy (non-hydrogen) atoms. The molecule has 1 aromatic carbocycles. The predicted molar refractivity (Wildman–Crippen MR) is 59.5 cm³/mol. The third kappa shape index (κ3) is 4.00. The summed E-state index contributed by atoms with van der Waals surface area (Å²) in [4.78, 5) is 10.9. The van der Waals surface area contributed by atoms with Gasteiger partial charge in [0.25, 0.3) is 0 Å². The van der Waals surface area contributed by atoms with Crippen LogP contribution < -0.4 is 0 Å². The van der Waals surface area contributed by atoms with Crippen LogP contribution in [-0.4, -0.2) is 17.4 Å². The molecule has 0 spiro atoms. The number of alkyl halides is 1. The number of hydrogen-bond donors (Lipinski definition) is 0. The van der Waals surface area contributed by atoms with Gasteiger partial charge in [0.15, 0.2) is 0 Å². The lowest BCUT2D eigenvalue weighted by Crippen LogP contribution is -2.19. The number of esters is 1. The summed E-state index contributed by atoms with van der Waals surface area (Å²) >= 11 is 3.23. The van der Waals surface area contributed by atoms with E-state index in [1.807, 2.05) is 0 Å². The van der Waals surface area contributed by atoms with Crippen LogP contribution in [0.15, 0.2) is 24.3 Å². The second kappa shape index (κ2) is 5.85. The normalized spacial score (nSPS) is 12.2. The lowest BCUT2D eigenvalue weighted by molar-refractivity contribution is -0.142. The Morgan fingerprint density at radius 2 is 2.07 bits per heavy atom. The van der Waals surface area contributed by atoms with Crippen LogP contribution in [0.5, 0.6) is 0 Å². The molecule has 0 heterocycles. The van der Waals surface area contributed by atoms with Crippen molar-refractivity contribution >= 4 is 21.9 Å².